The number of anilines is 1. The molecule has 122 valence electrons. The van der Waals surface area contributed by atoms with Crippen molar-refractivity contribution in [3.63, 3.8) is 0 Å². The molecule has 6 heteroatoms. The highest BCUT2D eigenvalue weighted by Gasteiger charge is 2.18. The molecule has 1 unspecified atom stereocenters. The van der Waals surface area contributed by atoms with Crippen molar-refractivity contribution in [2.75, 3.05) is 44.2 Å². The zero-order chi connectivity index (χ0) is 15.8. The molecule has 1 aromatic heterocycles. The molecule has 22 heavy (non-hydrogen) atoms. The smallest absolute Gasteiger partial charge is 0.221 e. The first-order valence-electron chi connectivity index (χ1n) is 8.06. The van der Waals surface area contributed by atoms with Crippen LogP contribution in [0.2, 0.25) is 0 Å². The molecule has 1 aromatic rings. The Labute approximate surface area is 132 Å². The molecular weight excluding hydrogens is 278 g/mol. The van der Waals surface area contributed by atoms with Crippen LogP contribution in [0.15, 0.2) is 24.4 Å². The van der Waals surface area contributed by atoms with Gasteiger partial charge in [-0.3, -0.25) is 9.69 Å². The summed E-state index contributed by atoms with van der Waals surface area (Å²) in [6, 6.07) is 6.13. The second kappa shape index (κ2) is 8.70. The Morgan fingerprint density at radius 3 is 2.77 bits per heavy atom. The number of amides is 1. The summed E-state index contributed by atoms with van der Waals surface area (Å²) in [6.45, 7) is 7.32. The molecular formula is C16H27N5O. The van der Waals surface area contributed by atoms with E-state index in [0.717, 1.165) is 45.0 Å². The molecule has 0 bridgehead atoms. The van der Waals surface area contributed by atoms with Crippen LogP contribution >= 0.6 is 0 Å². The van der Waals surface area contributed by atoms with Crippen molar-refractivity contribution in [3.8, 4) is 0 Å². The van der Waals surface area contributed by atoms with Crippen LogP contribution in [0.1, 0.15) is 19.8 Å². The van der Waals surface area contributed by atoms with Gasteiger partial charge in [-0.05, 0) is 25.5 Å². The van der Waals surface area contributed by atoms with Crippen molar-refractivity contribution in [1.82, 2.24) is 15.2 Å². The average Bonchev–Trinajstić information content (AvgIpc) is 2.54. The fraction of sp³-hybridized carbons (Fsp3) is 0.625. The van der Waals surface area contributed by atoms with Crippen LogP contribution < -0.4 is 16.0 Å². The molecule has 2 rings (SSSR count). The lowest BCUT2D eigenvalue weighted by Crippen LogP contribution is -2.47. The maximum absolute atomic E-state index is 11.8. The Morgan fingerprint density at radius 2 is 2.14 bits per heavy atom. The molecule has 0 aliphatic carbocycles. The molecule has 3 N–H and O–H groups in total. The summed E-state index contributed by atoms with van der Waals surface area (Å²) in [5, 5.41) is 2.92. The summed E-state index contributed by atoms with van der Waals surface area (Å²) in [5.74, 6) is 1.16. The number of hydrogen-bond acceptors (Lipinski definition) is 5. The lowest BCUT2D eigenvalue weighted by atomic mass is 10.2. The number of piperazine rings is 1. The molecule has 0 radical (unpaired) electrons. The quantitative estimate of drug-likeness (QED) is 0.765. The van der Waals surface area contributed by atoms with E-state index in [1.165, 1.54) is 0 Å². The predicted octanol–water partition coefficient (Wildman–Crippen LogP) is 0.447. The monoisotopic (exact) mass is 305 g/mol. The highest BCUT2D eigenvalue weighted by molar-refractivity contribution is 5.76. The number of nitrogens with zero attached hydrogens (tertiary/aromatic N) is 3. The lowest BCUT2D eigenvalue weighted by Gasteiger charge is -2.35. The van der Waals surface area contributed by atoms with Crippen molar-refractivity contribution in [1.29, 1.82) is 0 Å². The number of nitrogens with two attached hydrogens (primary N) is 1. The van der Waals surface area contributed by atoms with E-state index in [9.17, 15) is 4.79 Å². The molecule has 1 amide bonds. The van der Waals surface area contributed by atoms with Gasteiger partial charge in [0.15, 0.2) is 0 Å². The largest absolute Gasteiger partial charge is 0.356 e. The minimum Gasteiger partial charge on any atom is -0.356 e. The zero-order valence-corrected chi connectivity index (χ0v) is 13.4. The number of aromatic nitrogens is 1. The van der Waals surface area contributed by atoms with Crippen LogP contribution in [0.25, 0.3) is 0 Å². The highest BCUT2D eigenvalue weighted by Crippen LogP contribution is 2.12. The van der Waals surface area contributed by atoms with Crippen molar-refractivity contribution >= 4 is 11.7 Å². The number of carbonyl (C=O) groups excluding carboxylic acids is 1. The third-order valence-corrected chi connectivity index (χ3v) is 3.92. The SMILES string of the molecule is CC(N)CCNC(=O)CCN1CCN(c2ccccn2)CC1. The maximum Gasteiger partial charge on any atom is 0.221 e. The van der Waals surface area contributed by atoms with E-state index in [1.807, 2.05) is 31.3 Å². The van der Waals surface area contributed by atoms with Crippen LogP contribution in [0.4, 0.5) is 5.82 Å². The first kappa shape index (κ1) is 16.7. The van der Waals surface area contributed by atoms with Gasteiger partial charge in [0.25, 0.3) is 0 Å². The van der Waals surface area contributed by atoms with Crippen LogP contribution in [-0.2, 0) is 4.79 Å². The van der Waals surface area contributed by atoms with Crippen molar-refractivity contribution in [2.45, 2.75) is 25.8 Å². The van der Waals surface area contributed by atoms with Crippen LogP contribution in [0.5, 0.6) is 0 Å². The van der Waals surface area contributed by atoms with Crippen LogP contribution in [0.3, 0.4) is 0 Å². The summed E-state index contributed by atoms with van der Waals surface area (Å²) < 4.78 is 0. The Balaban J connectivity index is 1.62. The molecule has 2 heterocycles. The summed E-state index contributed by atoms with van der Waals surface area (Å²) in [5.41, 5.74) is 5.66. The van der Waals surface area contributed by atoms with Gasteiger partial charge in [0.05, 0.1) is 0 Å². The van der Waals surface area contributed by atoms with E-state index in [2.05, 4.69) is 20.1 Å². The van der Waals surface area contributed by atoms with E-state index < -0.39 is 0 Å². The topological polar surface area (TPSA) is 74.5 Å². The molecule has 0 aromatic carbocycles. The minimum atomic E-state index is 0.118. The van der Waals surface area contributed by atoms with E-state index in [1.54, 1.807) is 0 Å². The standard InChI is InChI=1S/C16H27N5O/c1-14(17)5-8-19-16(22)6-9-20-10-12-21(13-11-20)15-4-2-3-7-18-15/h2-4,7,14H,5-6,8-13,17H2,1H3,(H,19,22). The number of hydrogen-bond donors (Lipinski definition) is 2. The fourth-order valence-electron chi connectivity index (χ4n) is 2.53. The van der Waals surface area contributed by atoms with Crippen molar-refractivity contribution in [3.05, 3.63) is 24.4 Å². The van der Waals surface area contributed by atoms with Gasteiger partial charge >= 0.3 is 0 Å². The predicted molar refractivity (Wildman–Crippen MR) is 88.8 cm³/mol. The van der Waals surface area contributed by atoms with Gasteiger partial charge in [0.2, 0.25) is 5.91 Å². The van der Waals surface area contributed by atoms with Crippen molar-refractivity contribution < 1.29 is 4.79 Å². The molecule has 1 saturated heterocycles. The Bertz CT molecular complexity index is 443. The summed E-state index contributed by atoms with van der Waals surface area (Å²) in [4.78, 5) is 20.8. The van der Waals surface area contributed by atoms with Gasteiger partial charge in [-0.25, -0.2) is 4.98 Å². The van der Waals surface area contributed by atoms with Gasteiger partial charge in [0, 0.05) is 57.9 Å². The van der Waals surface area contributed by atoms with Crippen LogP contribution in [0, 0.1) is 0 Å². The fourth-order valence-corrected chi connectivity index (χ4v) is 2.53. The maximum atomic E-state index is 11.8. The third kappa shape index (κ3) is 5.61. The Hall–Kier alpha value is -1.66. The lowest BCUT2D eigenvalue weighted by molar-refractivity contribution is -0.121. The molecule has 6 nitrogen and oxygen atoms in total. The van der Waals surface area contributed by atoms with E-state index in [4.69, 9.17) is 5.73 Å². The summed E-state index contributed by atoms with van der Waals surface area (Å²) in [7, 11) is 0. The molecule has 0 saturated carbocycles. The van der Waals surface area contributed by atoms with Gasteiger partial charge < -0.3 is 16.0 Å². The number of rotatable bonds is 7. The number of pyridine rings is 1. The average molecular weight is 305 g/mol. The number of carbonyl (C=O) groups is 1. The second-order valence-corrected chi connectivity index (χ2v) is 5.88. The minimum absolute atomic E-state index is 0.118. The summed E-state index contributed by atoms with van der Waals surface area (Å²) >= 11 is 0. The van der Waals surface area contributed by atoms with E-state index in [-0.39, 0.29) is 11.9 Å². The van der Waals surface area contributed by atoms with Crippen LogP contribution in [-0.4, -0.2) is 61.1 Å². The molecule has 1 aliphatic heterocycles. The Morgan fingerprint density at radius 1 is 1.36 bits per heavy atom. The second-order valence-electron chi connectivity index (χ2n) is 5.88. The van der Waals surface area contributed by atoms with E-state index >= 15 is 0 Å². The van der Waals surface area contributed by atoms with Gasteiger partial charge in [0.1, 0.15) is 5.82 Å². The number of nitrogens with one attached hydrogen (secondary N) is 1. The van der Waals surface area contributed by atoms with E-state index in [0.29, 0.717) is 13.0 Å². The zero-order valence-electron chi connectivity index (χ0n) is 13.4. The molecule has 1 fully saturated rings. The van der Waals surface area contributed by atoms with Gasteiger partial charge in [-0.1, -0.05) is 6.07 Å². The highest BCUT2D eigenvalue weighted by atomic mass is 16.1. The van der Waals surface area contributed by atoms with Crippen molar-refractivity contribution in [2.24, 2.45) is 5.73 Å². The van der Waals surface area contributed by atoms with Gasteiger partial charge in [-0.2, -0.15) is 0 Å². The first-order valence-corrected chi connectivity index (χ1v) is 8.06. The molecule has 1 aliphatic rings. The van der Waals surface area contributed by atoms with Gasteiger partial charge in [-0.15, -0.1) is 0 Å². The molecule has 0 spiro atoms. The third-order valence-electron chi connectivity index (χ3n) is 3.92. The molecule has 1 atom stereocenters. The first-order chi connectivity index (χ1) is 10.6. The Kier molecular flexibility index (Phi) is 6.61. The summed E-state index contributed by atoms with van der Waals surface area (Å²) in [6.07, 6.45) is 3.21. The normalized spacial score (nSPS) is 17.3.